The van der Waals surface area contributed by atoms with Crippen LogP contribution in [0.2, 0.25) is 0 Å². The van der Waals surface area contributed by atoms with E-state index in [1.165, 1.54) is 22.2 Å². The molecule has 3 aromatic rings. The van der Waals surface area contributed by atoms with Crippen LogP contribution in [0.4, 0.5) is 0 Å². The maximum atomic E-state index is 5.69. The van der Waals surface area contributed by atoms with E-state index < -0.39 is 0 Å². The van der Waals surface area contributed by atoms with Gasteiger partial charge in [-0.1, -0.05) is 18.2 Å². The number of hydrogen-bond acceptors (Lipinski definition) is 2. The summed E-state index contributed by atoms with van der Waals surface area (Å²) in [5, 5.41) is 2.47. The Bertz CT molecular complexity index is 886. The Labute approximate surface area is 122 Å². The number of nitrogens with zero attached hydrogens (tertiary/aromatic N) is 1. The van der Waals surface area contributed by atoms with Crippen LogP contribution in [0.15, 0.2) is 48.7 Å². The molecule has 0 saturated carbocycles. The Balaban J connectivity index is 1.98. The van der Waals surface area contributed by atoms with E-state index in [0.717, 1.165) is 29.9 Å². The average Bonchev–Trinajstić information content (AvgIpc) is 2.94. The largest absolute Gasteiger partial charge is 0.454 e. The molecule has 0 atom stereocenters. The Morgan fingerprint density at radius 2 is 2.00 bits per heavy atom. The van der Waals surface area contributed by atoms with Crippen molar-refractivity contribution in [3.05, 3.63) is 54.2 Å². The van der Waals surface area contributed by atoms with Gasteiger partial charge in [-0.25, -0.2) is 0 Å². The zero-order valence-electron chi connectivity index (χ0n) is 11.5. The van der Waals surface area contributed by atoms with Crippen LogP contribution >= 0.6 is 0 Å². The quantitative estimate of drug-likeness (QED) is 0.589. The third kappa shape index (κ3) is 1.46. The van der Waals surface area contributed by atoms with Gasteiger partial charge in [-0.05, 0) is 17.7 Å². The number of aryl methyl sites for hydroxylation is 2. The molecule has 0 radical (unpaired) electrons. The third-order valence-corrected chi connectivity index (χ3v) is 4.42. The minimum absolute atomic E-state index is 0.312. The van der Waals surface area contributed by atoms with Gasteiger partial charge in [0.2, 0.25) is 12.5 Å². The molecule has 0 aliphatic carbocycles. The summed E-state index contributed by atoms with van der Waals surface area (Å²) in [6, 6.07) is 15.0. The number of pyridine rings is 1. The second-order valence-electron chi connectivity index (χ2n) is 5.53. The number of rotatable bonds is 0. The van der Waals surface area contributed by atoms with E-state index in [0.29, 0.717) is 6.79 Å². The van der Waals surface area contributed by atoms with Crippen molar-refractivity contribution >= 4 is 10.8 Å². The highest BCUT2D eigenvalue weighted by Crippen LogP contribution is 2.45. The lowest BCUT2D eigenvalue weighted by Crippen LogP contribution is -2.35. The molecular formula is C18H14NO2+. The predicted octanol–water partition coefficient (Wildman–Crippen LogP) is 3.08. The van der Waals surface area contributed by atoms with E-state index in [1.54, 1.807) is 0 Å². The van der Waals surface area contributed by atoms with Crippen LogP contribution in [0, 0.1) is 0 Å². The lowest BCUT2D eigenvalue weighted by atomic mass is 9.95. The number of aromatic nitrogens is 1. The topological polar surface area (TPSA) is 22.3 Å². The molecule has 2 aliphatic heterocycles. The molecule has 0 fully saturated rings. The van der Waals surface area contributed by atoms with Crippen LogP contribution < -0.4 is 14.0 Å². The van der Waals surface area contributed by atoms with Crippen molar-refractivity contribution < 1.29 is 14.0 Å². The van der Waals surface area contributed by atoms with Crippen LogP contribution in [-0.2, 0) is 13.0 Å². The molecular weight excluding hydrogens is 262 g/mol. The first-order valence-electron chi connectivity index (χ1n) is 7.25. The Kier molecular flexibility index (Phi) is 2.11. The molecule has 21 heavy (non-hydrogen) atoms. The minimum Gasteiger partial charge on any atom is -0.454 e. The first kappa shape index (κ1) is 11.1. The first-order valence-corrected chi connectivity index (χ1v) is 7.25. The standard InChI is InChI=1S/C18H14NO2/c1-2-8-19-9-7-12-4-3-5-13-17(12)14(15(19)6-1)10-16-18(13)21-11-20-16/h1-6,8,10H,7,9,11H2/q+1. The van der Waals surface area contributed by atoms with Gasteiger partial charge in [-0.2, -0.15) is 4.57 Å². The van der Waals surface area contributed by atoms with Crippen molar-refractivity contribution in [2.24, 2.45) is 0 Å². The summed E-state index contributed by atoms with van der Waals surface area (Å²) >= 11 is 0. The zero-order valence-corrected chi connectivity index (χ0v) is 11.5. The van der Waals surface area contributed by atoms with E-state index in [9.17, 15) is 0 Å². The van der Waals surface area contributed by atoms with Gasteiger partial charge in [0, 0.05) is 29.3 Å². The normalized spacial score (nSPS) is 14.9. The fourth-order valence-corrected chi connectivity index (χ4v) is 3.48. The van der Waals surface area contributed by atoms with Crippen LogP contribution in [0.25, 0.3) is 22.0 Å². The number of ether oxygens (including phenoxy) is 2. The molecule has 0 saturated heterocycles. The average molecular weight is 276 g/mol. The van der Waals surface area contributed by atoms with Gasteiger partial charge in [0.1, 0.15) is 0 Å². The Hall–Kier alpha value is -2.55. The molecule has 3 heterocycles. The van der Waals surface area contributed by atoms with Crippen LogP contribution in [0.3, 0.4) is 0 Å². The van der Waals surface area contributed by atoms with Gasteiger partial charge in [0.25, 0.3) is 0 Å². The summed E-state index contributed by atoms with van der Waals surface area (Å²) < 4.78 is 13.6. The number of fused-ring (bicyclic) bond motifs is 4. The molecule has 3 heteroatoms. The molecule has 0 unspecified atom stereocenters. The van der Waals surface area contributed by atoms with E-state index >= 15 is 0 Å². The summed E-state index contributed by atoms with van der Waals surface area (Å²) in [7, 11) is 0. The highest BCUT2D eigenvalue weighted by Gasteiger charge is 2.27. The Morgan fingerprint density at radius 3 is 3.00 bits per heavy atom. The maximum Gasteiger partial charge on any atom is 0.231 e. The fourth-order valence-electron chi connectivity index (χ4n) is 3.48. The van der Waals surface area contributed by atoms with Gasteiger partial charge in [0.05, 0.1) is 5.56 Å². The molecule has 0 N–H and O–H groups in total. The smallest absolute Gasteiger partial charge is 0.231 e. The summed E-state index contributed by atoms with van der Waals surface area (Å²) in [5.74, 6) is 1.74. The summed E-state index contributed by atoms with van der Waals surface area (Å²) in [6.07, 6.45) is 3.18. The molecule has 3 nitrogen and oxygen atoms in total. The minimum atomic E-state index is 0.312. The highest BCUT2D eigenvalue weighted by molar-refractivity contribution is 6.03. The molecule has 102 valence electrons. The van der Waals surface area contributed by atoms with Crippen molar-refractivity contribution in [3.8, 4) is 22.8 Å². The number of hydrogen-bond donors (Lipinski definition) is 0. The molecule has 0 bridgehead atoms. The van der Waals surface area contributed by atoms with Crippen molar-refractivity contribution in [3.63, 3.8) is 0 Å². The monoisotopic (exact) mass is 276 g/mol. The van der Waals surface area contributed by atoms with Gasteiger partial charge in [-0.15, -0.1) is 0 Å². The van der Waals surface area contributed by atoms with E-state index in [2.05, 4.69) is 53.2 Å². The van der Waals surface area contributed by atoms with Gasteiger partial charge < -0.3 is 9.47 Å². The highest BCUT2D eigenvalue weighted by atomic mass is 16.7. The third-order valence-electron chi connectivity index (χ3n) is 4.42. The molecule has 0 spiro atoms. The second kappa shape index (κ2) is 3.98. The summed E-state index contributed by atoms with van der Waals surface area (Å²) in [6.45, 7) is 1.31. The lowest BCUT2D eigenvalue weighted by Gasteiger charge is -2.09. The fraction of sp³-hybridized carbons (Fsp3) is 0.167. The second-order valence-corrected chi connectivity index (χ2v) is 5.53. The van der Waals surface area contributed by atoms with E-state index in [1.807, 2.05) is 0 Å². The van der Waals surface area contributed by atoms with Crippen molar-refractivity contribution in [2.75, 3.05) is 6.79 Å². The van der Waals surface area contributed by atoms with E-state index in [-0.39, 0.29) is 0 Å². The Morgan fingerprint density at radius 1 is 1.00 bits per heavy atom. The van der Waals surface area contributed by atoms with Gasteiger partial charge >= 0.3 is 0 Å². The first-order chi connectivity index (χ1) is 10.4. The summed E-state index contributed by atoms with van der Waals surface area (Å²) in [4.78, 5) is 0. The molecule has 5 rings (SSSR count). The molecule has 1 aromatic heterocycles. The van der Waals surface area contributed by atoms with Crippen molar-refractivity contribution in [1.29, 1.82) is 0 Å². The van der Waals surface area contributed by atoms with Crippen molar-refractivity contribution in [1.82, 2.24) is 0 Å². The zero-order chi connectivity index (χ0) is 13.8. The van der Waals surface area contributed by atoms with Crippen LogP contribution in [-0.4, -0.2) is 6.79 Å². The number of benzene rings is 2. The molecule has 0 amide bonds. The predicted molar refractivity (Wildman–Crippen MR) is 79.4 cm³/mol. The van der Waals surface area contributed by atoms with Crippen molar-refractivity contribution in [2.45, 2.75) is 13.0 Å². The van der Waals surface area contributed by atoms with Gasteiger partial charge in [0.15, 0.2) is 24.2 Å². The van der Waals surface area contributed by atoms with Crippen LogP contribution in [0.1, 0.15) is 5.56 Å². The molecule has 2 aromatic carbocycles. The summed E-state index contributed by atoms with van der Waals surface area (Å²) in [5.41, 5.74) is 3.86. The SMILES string of the molecule is c1cc[n+]2c(c1)-c1cc3c(c4cccc(c14)CC2)OCO3. The van der Waals surface area contributed by atoms with Crippen LogP contribution in [0.5, 0.6) is 11.5 Å². The molecule has 2 aliphatic rings. The lowest BCUT2D eigenvalue weighted by molar-refractivity contribution is -0.685. The maximum absolute atomic E-state index is 5.69. The van der Waals surface area contributed by atoms with E-state index in [4.69, 9.17) is 9.47 Å². The van der Waals surface area contributed by atoms with Gasteiger partial charge in [-0.3, -0.25) is 0 Å².